The number of nitrogens with one attached hydrogen (secondary N) is 1. The van der Waals surface area contributed by atoms with Crippen LogP contribution in [0.1, 0.15) is 35.2 Å². The highest BCUT2D eigenvalue weighted by Gasteiger charge is 2.39. The number of Topliss-reactive ketones (excluding diaryl/α,β-unsaturated/α-hetero) is 1. The van der Waals surface area contributed by atoms with E-state index in [1.165, 1.54) is 11.2 Å². The van der Waals surface area contributed by atoms with Gasteiger partial charge in [-0.15, -0.1) is 11.3 Å². The third kappa shape index (κ3) is 2.48. The van der Waals surface area contributed by atoms with Gasteiger partial charge in [0, 0.05) is 33.5 Å². The molecule has 3 aromatic rings. The number of rotatable bonds is 2. The molecule has 0 unspecified atom stereocenters. The maximum Gasteiger partial charge on any atom is 0.226 e. The number of allylic oxidation sites excluding steroid dienone is 2. The van der Waals surface area contributed by atoms with E-state index in [2.05, 4.69) is 26.8 Å². The van der Waals surface area contributed by atoms with Gasteiger partial charge in [-0.3, -0.25) is 4.79 Å². The fraction of sp³-hybridized carbons (Fsp3) is 0.211. The first-order chi connectivity index (χ1) is 12.7. The number of hydrogen-bond acceptors (Lipinski definition) is 5. The third-order valence-corrected chi connectivity index (χ3v) is 6.28. The van der Waals surface area contributed by atoms with Gasteiger partial charge in [0.2, 0.25) is 5.95 Å². The van der Waals surface area contributed by atoms with Gasteiger partial charge in [-0.05, 0) is 35.6 Å². The van der Waals surface area contributed by atoms with E-state index in [4.69, 9.17) is 11.6 Å². The Morgan fingerprint density at radius 2 is 2.04 bits per heavy atom. The lowest BCUT2D eigenvalue weighted by Crippen LogP contribution is -2.33. The lowest BCUT2D eigenvalue weighted by atomic mass is 9.80. The number of ketones is 1. The summed E-state index contributed by atoms with van der Waals surface area (Å²) in [6, 6.07) is 11.5. The summed E-state index contributed by atoms with van der Waals surface area (Å²) in [5, 5.41) is 10.4. The largest absolute Gasteiger partial charge is 0.328 e. The summed E-state index contributed by atoms with van der Waals surface area (Å²) >= 11 is 7.75. The number of thiophene rings is 1. The number of aromatic nitrogens is 3. The summed E-state index contributed by atoms with van der Waals surface area (Å²) in [7, 11) is 0. The number of hydrogen-bond donors (Lipinski definition) is 1. The second-order valence-electron chi connectivity index (χ2n) is 6.54. The average Bonchev–Trinajstić information content (AvgIpc) is 3.32. The van der Waals surface area contributed by atoms with Gasteiger partial charge in [-0.1, -0.05) is 29.8 Å². The Balaban J connectivity index is 1.62. The monoisotopic (exact) mass is 382 g/mol. The van der Waals surface area contributed by atoms with Gasteiger partial charge in [0.1, 0.15) is 12.4 Å². The molecule has 0 saturated carbocycles. The molecule has 3 heterocycles. The van der Waals surface area contributed by atoms with Gasteiger partial charge in [0.25, 0.3) is 0 Å². The van der Waals surface area contributed by atoms with Crippen LogP contribution in [0.25, 0.3) is 0 Å². The van der Waals surface area contributed by atoms with E-state index in [0.717, 1.165) is 23.3 Å². The van der Waals surface area contributed by atoms with E-state index >= 15 is 0 Å². The second kappa shape index (κ2) is 6.07. The normalized spacial score (nSPS) is 22.0. The van der Waals surface area contributed by atoms with Gasteiger partial charge in [0.15, 0.2) is 5.78 Å². The minimum absolute atomic E-state index is 0.165. The molecular weight excluding hydrogens is 368 g/mol. The molecule has 0 amide bonds. The summed E-state index contributed by atoms with van der Waals surface area (Å²) in [6.07, 6.45) is 2.85. The van der Waals surface area contributed by atoms with Crippen molar-refractivity contribution in [1.82, 2.24) is 14.8 Å². The zero-order valence-corrected chi connectivity index (χ0v) is 15.3. The Hall–Kier alpha value is -2.44. The van der Waals surface area contributed by atoms with E-state index in [-0.39, 0.29) is 17.7 Å². The summed E-state index contributed by atoms with van der Waals surface area (Å²) in [5.74, 6) is 1.05. The molecule has 130 valence electrons. The van der Waals surface area contributed by atoms with Crippen molar-refractivity contribution in [1.29, 1.82) is 0 Å². The van der Waals surface area contributed by atoms with Crippen molar-refractivity contribution in [3.63, 3.8) is 0 Å². The summed E-state index contributed by atoms with van der Waals surface area (Å²) in [4.78, 5) is 18.7. The molecule has 0 spiro atoms. The Labute approximate surface area is 159 Å². The molecule has 2 aromatic heterocycles. The summed E-state index contributed by atoms with van der Waals surface area (Å²) in [6.45, 7) is 0. The van der Waals surface area contributed by atoms with Crippen molar-refractivity contribution in [2.75, 3.05) is 5.32 Å². The Kier molecular flexibility index (Phi) is 3.69. The topological polar surface area (TPSA) is 59.8 Å². The van der Waals surface area contributed by atoms with Crippen LogP contribution in [-0.2, 0) is 4.79 Å². The molecule has 5 nitrogen and oxygen atoms in total. The number of halogens is 1. The minimum atomic E-state index is -0.266. The Morgan fingerprint density at radius 1 is 1.19 bits per heavy atom. The molecule has 7 heteroatoms. The first-order valence-electron chi connectivity index (χ1n) is 8.42. The van der Waals surface area contributed by atoms with Crippen molar-refractivity contribution >= 4 is 34.7 Å². The molecule has 0 radical (unpaired) electrons. The zero-order valence-electron chi connectivity index (χ0n) is 13.7. The Morgan fingerprint density at radius 3 is 2.81 bits per heavy atom. The van der Waals surface area contributed by atoms with E-state index < -0.39 is 0 Å². The van der Waals surface area contributed by atoms with Crippen molar-refractivity contribution in [3.05, 3.63) is 74.8 Å². The molecule has 0 saturated heterocycles. The number of benzene rings is 1. The number of nitrogens with zero attached hydrogens (tertiary/aromatic N) is 3. The molecule has 0 fully saturated rings. The van der Waals surface area contributed by atoms with Crippen LogP contribution in [0.15, 0.2) is 59.4 Å². The van der Waals surface area contributed by atoms with Crippen LogP contribution in [0.5, 0.6) is 0 Å². The van der Waals surface area contributed by atoms with Crippen molar-refractivity contribution in [2.45, 2.75) is 24.8 Å². The Bertz CT molecular complexity index is 1010. The molecule has 2 atom stereocenters. The van der Waals surface area contributed by atoms with Crippen LogP contribution in [0, 0.1) is 0 Å². The average molecular weight is 383 g/mol. The van der Waals surface area contributed by atoms with Gasteiger partial charge in [0.05, 0.1) is 0 Å². The van der Waals surface area contributed by atoms with E-state index in [9.17, 15) is 4.79 Å². The van der Waals surface area contributed by atoms with Crippen LogP contribution < -0.4 is 5.32 Å². The molecule has 2 aliphatic rings. The van der Waals surface area contributed by atoms with Crippen LogP contribution in [0.4, 0.5) is 5.95 Å². The molecular formula is C19H15ClN4OS. The summed E-state index contributed by atoms with van der Waals surface area (Å²) < 4.78 is 1.78. The van der Waals surface area contributed by atoms with E-state index in [1.54, 1.807) is 16.0 Å². The second-order valence-corrected chi connectivity index (χ2v) is 7.96. The standard InChI is InChI=1S/C19H15ClN4OS/c20-13-5-3-11(4-6-13)18-17-14(23-19-21-10-22-24(18)19)8-12(9-15(17)25)16-2-1-7-26-16/h1-7,10,12,18H,8-9H2,(H,21,22,23)/t12-,18-/m0/s1. The predicted octanol–water partition coefficient (Wildman–Crippen LogP) is 4.41. The number of carbonyl (C=O) groups is 1. The van der Waals surface area contributed by atoms with Gasteiger partial charge >= 0.3 is 0 Å². The smallest absolute Gasteiger partial charge is 0.226 e. The van der Waals surface area contributed by atoms with Gasteiger partial charge in [-0.25, -0.2) is 4.68 Å². The maximum atomic E-state index is 13.1. The van der Waals surface area contributed by atoms with Crippen LogP contribution in [0.3, 0.4) is 0 Å². The van der Waals surface area contributed by atoms with Gasteiger partial charge < -0.3 is 5.32 Å². The molecule has 1 N–H and O–H groups in total. The van der Waals surface area contributed by atoms with Crippen molar-refractivity contribution < 1.29 is 4.79 Å². The zero-order chi connectivity index (χ0) is 17.7. The fourth-order valence-electron chi connectivity index (χ4n) is 3.83. The highest BCUT2D eigenvalue weighted by Crippen LogP contribution is 2.44. The SMILES string of the molecule is O=C1C[C@@H](c2cccs2)CC2=C1[C@H](c1ccc(Cl)cc1)n1ncnc1N2. The molecule has 0 bridgehead atoms. The quantitative estimate of drug-likeness (QED) is 0.713. The molecule has 1 aromatic carbocycles. The predicted molar refractivity (Wildman–Crippen MR) is 102 cm³/mol. The molecule has 5 rings (SSSR count). The van der Waals surface area contributed by atoms with Crippen LogP contribution in [0.2, 0.25) is 5.02 Å². The number of anilines is 1. The maximum absolute atomic E-state index is 13.1. The number of carbonyl (C=O) groups excluding carboxylic acids is 1. The van der Waals surface area contributed by atoms with Crippen LogP contribution in [-0.4, -0.2) is 20.5 Å². The summed E-state index contributed by atoms with van der Waals surface area (Å²) in [5.41, 5.74) is 2.73. The van der Waals surface area contributed by atoms with Crippen molar-refractivity contribution in [2.24, 2.45) is 0 Å². The van der Waals surface area contributed by atoms with E-state index in [1.807, 2.05) is 30.3 Å². The molecule has 1 aliphatic carbocycles. The third-order valence-electron chi connectivity index (χ3n) is 4.99. The lowest BCUT2D eigenvalue weighted by Gasteiger charge is -2.34. The lowest BCUT2D eigenvalue weighted by molar-refractivity contribution is -0.116. The van der Waals surface area contributed by atoms with Crippen LogP contribution >= 0.6 is 22.9 Å². The van der Waals surface area contributed by atoms with Gasteiger partial charge in [-0.2, -0.15) is 10.1 Å². The van der Waals surface area contributed by atoms with E-state index in [0.29, 0.717) is 17.4 Å². The minimum Gasteiger partial charge on any atom is -0.328 e. The first-order valence-corrected chi connectivity index (χ1v) is 9.68. The first kappa shape index (κ1) is 15.8. The molecule has 1 aliphatic heterocycles. The highest BCUT2D eigenvalue weighted by atomic mass is 35.5. The number of fused-ring (bicyclic) bond motifs is 1. The molecule has 26 heavy (non-hydrogen) atoms. The van der Waals surface area contributed by atoms with Crippen molar-refractivity contribution in [3.8, 4) is 0 Å². The highest BCUT2D eigenvalue weighted by molar-refractivity contribution is 7.10. The fourth-order valence-corrected chi connectivity index (χ4v) is 4.79.